The van der Waals surface area contributed by atoms with E-state index in [2.05, 4.69) is 29.8 Å². The number of ether oxygens (including phenoxy) is 2. The topological polar surface area (TPSA) is 111 Å². The molecule has 1 aliphatic rings. The number of nitrogens with zero attached hydrogens (tertiary/aromatic N) is 6. The van der Waals surface area contributed by atoms with E-state index in [9.17, 15) is 4.79 Å². The fourth-order valence-corrected chi connectivity index (χ4v) is 3.29. The molecule has 4 heterocycles. The van der Waals surface area contributed by atoms with Gasteiger partial charge in [0.15, 0.2) is 18.1 Å². The molecule has 1 N–H and O–H groups in total. The van der Waals surface area contributed by atoms with Crippen molar-refractivity contribution in [3.8, 4) is 0 Å². The summed E-state index contributed by atoms with van der Waals surface area (Å²) in [5.41, 5.74) is 1.85. The first-order valence-electron chi connectivity index (χ1n) is 9.02. The molecule has 28 heavy (non-hydrogen) atoms. The minimum absolute atomic E-state index is 0.0320. The Morgan fingerprint density at radius 3 is 2.82 bits per heavy atom. The summed E-state index contributed by atoms with van der Waals surface area (Å²) < 4.78 is 12.2. The van der Waals surface area contributed by atoms with Gasteiger partial charge >= 0.3 is 6.09 Å². The average Bonchev–Trinajstić information content (AvgIpc) is 3.28. The first-order valence-corrected chi connectivity index (χ1v) is 9.39. The van der Waals surface area contributed by atoms with Gasteiger partial charge in [0.1, 0.15) is 17.2 Å². The molecule has 0 unspecified atom stereocenters. The number of rotatable bonds is 4. The van der Waals surface area contributed by atoms with Crippen LogP contribution in [0.5, 0.6) is 0 Å². The molecule has 0 saturated carbocycles. The Balaban J connectivity index is 1.55. The van der Waals surface area contributed by atoms with E-state index in [1.807, 2.05) is 13.8 Å². The number of morpholine rings is 1. The van der Waals surface area contributed by atoms with Crippen molar-refractivity contribution in [1.82, 2.24) is 29.5 Å². The summed E-state index contributed by atoms with van der Waals surface area (Å²) in [6, 6.07) is 0. The van der Waals surface area contributed by atoms with Crippen LogP contribution in [0.2, 0.25) is 5.28 Å². The molecule has 3 aromatic heterocycles. The number of hydrogen-bond acceptors (Lipinski definition) is 8. The second kappa shape index (κ2) is 7.72. The Bertz CT molecular complexity index is 1010. The van der Waals surface area contributed by atoms with Gasteiger partial charge in [0.25, 0.3) is 0 Å². The largest absolute Gasteiger partial charge is 0.441 e. The predicted molar refractivity (Wildman–Crippen MR) is 102 cm³/mol. The predicted octanol–water partition coefficient (Wildman–Crippen LogP) is 2.10. The lowest BCUT2D eigenvalue weighted by Crippen LogP contribution is -2.37. The molecule has 1 fully saturated rings. The standard InChI is InChI=1S/C17H20ClN7O3/c1-3-12-19-10(2)8-25(12)17(26)28-9-11-20-13-14(21-11)22-16(18)23-15(13)24-4-6-27-7-5-24/h8H,3-7,9H2,1-2H3,(H,20,21,22,23). The van der Waals surface area contributed by atoms with Gasteiger partial charge in [0.05, 0.1) is 18.9 Å². The molecule has 148 valence electrons. The van der Waals surface area contributed by atoms with Crippen molar-refractivity contribution in [1.29, 1.82) is 0 Å². The zero-order valence-electron chi connectivity index (χ0n) is 15.6. The summed E-state index contributed by atoms with van der Waals surface area (Å²) >= 11 is 6.07. The van der Waals surface area contributed by atoms with Crippen LogP contribution in [-0.4, -0.2) is 61.9 Å². The zero-order valence-corrected chi connectivity index (χ0v) is 16.4. The van der Waals surface area contributed by atoms with E-state index >= 15 is 0 Å². The molecule has 0 bridgehead atoms. The maximum atomic E-state index is 12.4. The first-order chi connectivity index (χ1) is 13.5. The van der Waals surface area contributed by atoms with Crippen LogP contribution in [0.1, 0.15) is 24.3 Å². The Morgan fingerprint density at radius 1 is 1.29 bits per heavy atom. The summed E-state index contributed by atoms with van der Waals surface area (Å²) in [6.07, 6.45) is 1.78. The van der Waals surface area contributed by atoms with Gasteiger partial charge in [-0.25, -0.2) is 19.3 Å². The van der Waals surface area contributed by atoms with Crippen LogP contribution >= 0.6 is 11.6 Å². The van der Waals surface area contributed by atoms with Crippen LogP contribution in [0.25, 0.3) is 11.2 Å². The van der Waals surface area contributed by atoms with Crippen LogP contribution in [0.3, 0.4) is 0 Å². The normalized spacial score (nSPS) is 14.6. The lowest BCUT2D eigenvalue weighted by molar-refractivity contribution is 0.122. The number of hydrogen-bond donors (Lipinski definition) is 1. The molecule has 3 aromatic rings. The summed E-state index contributed by atoms with van der Waals surface area (Å²) in [7, 11) is 0. The van der Waals surface area contributed by atoms with Gasteiger partial charge in [-0.1, -0.05) is 6.92 Å². The second-order valence-corrected chi connectivity index (χ2v) is 6.71. The van der Waals surface area contributed by atoms with E-state index in [4.69, 9.17) is 21.1 Å². The zero-order chi connectivity index (χ0) is 19.7. The van der Waals surface area contributed by atoms with Crippen LogP contribution in [0.15, 0.2) is 6.20 Å². The highest BCUT2D eigenvalue weighted by Crippen LogP contribution is 2.24. The smallest absolute Gasteiger partial charge is 0.419 e. The number of nitrogens with one attached hydrogen (secondary N) is 1. The molecule has 0 spiro atoms. The Morgan fingerprint density at radius 2 is 2.07 bits per heavy atom. The fourth-order valence-electron chi connectivity index (χ4n) is 3.13. The lowest BCUT2D eigenvalue weighted by atomic mass is 10.4. The molecule has 0 atom stereocenters. The quantitative estimate of drug-likeness (QED) is 0.657. The highest BCUT2D eigenvalue weighted by Gasteiger charge is 2.20. The number of aryl methyl sites for hydroxylation is 2. The lowest BCUT2D eigenvalue weighted by Gasteiger charge is -2.27. The first kappa shape index (κ1) is 18.6. The Kier molecular flexibility index (Phi) is 5.14. The van der Waals surface area contributed by atoms with Crippen molar-refractivity contribution >= 4 is 34.7 Å². The number of aromatic amines is 1. The Labute approximate surface area is 165 Å². The van der Waals surface area contributed by atoms with E-state index in [0.717, 1.165) is 5.69 Å². The SMILES string of the molecule is CCc1nc(C)cn1C(=O)OCc1nc2nc(Cl)nc(N3CCOCC3)c2[nH]1. The molecule has 10 nitrogen and oxygen atoms in total. The van der Waals surface area contributed by atoms with Crippen LogP contribution < -0.4 is 4.90 Å². The van der Waals surface area contributed by atoms with Crippen molar-refractivity contribution in [3.05, 3.63) is 28.8 Å². The third-order valence-corrected chi connectivity index (χ3v) is 4.58. The molecular weight excluding hydrogens is 386 g/mol. The van der Waals surface area contributed by atoms with E-state index < -0.39 is 6.09 Å². The van der Waals surface area contributed by atoms with E-state index in [0.29, 0.717) is 61.4 Å². The number of halogens is 1. The van der Waals surface area contributed by atoms with Crippen LogP contribution in [0.4, 0.5) is 10.6 Å². The van der Waals surface area contributed by atoms with Gasteiger partial charge in [-0.15, -0.1) is 0 Å². The third kappa shape index (κ3) is 3.65. The van der Waals surface area contributed by atoms with Gasteiger partial charge in [-0.2, -0.15) is 9.97 Å². The number of anilines is 1. The minimum Gasteiger partial charge on any atom is -0.441 e. The second-order valence-electron chi connectivity index (χ2n) is 6.37. The van der Waals surface area contributed by atoms with Gasteiger partial charge in [-0.3, -0.25) is 0 Å². The minimum atomic E-state index is -0.504. The molecule has 1 saturated heterocycles. The van der Waals surface area contributed by atoms with Crippen molar-refractivity contribution in [2.24, 2.45) is 0 Å². The number of aromatic nitrogens is 6. The molecule has 4 rings (SSSR count). The van der Waals surface area contributed by atoms with E-state index in [1.165, 1.54) is 4.57 Å². The number of H-pyrrole nitrogens is 1. The van der Waals surface area contributed by atoms with E-state index in [-0.39, 0.29) is 11.9 Å². The number of fused-ring (bicyclic) bond motifs is 1. The van der Waals surface area contributed by atoms with Gasteiger partial charge in [0, 0.05) is 25.7 Å². The maximum absolute atomic E-state index is 12.4. The third-order valence-electron chi connectivity index (χ3n) is 4.41. The number of carbonyl (C=O) groups excluding carboxylic acids is 1. The van der Waals surface area contributed by atoms with Gasteiger partial charge < -0.3 is 19.4 Å². The molecule has 0 radical (unpaired) electrons. The van der Waals surface area contributed by atoms with Crippen molar-refractivity contribution < 1.29 is 14.3 Å². The molecule has 0 aromatic carbocycles. The van der Waals surface area contributed by atoms with Crippen molar-refractivity contribution in [2.45, 2.75) is 26.9 Å². The van der Waals surface area contributed by atoms with Crippen molar-refractivity contribution in [3.63, 3.8) is 0 Å². The van der Waals surface area contributed by atoms with Crippen LogP contribution in [-0.2, 0) is 22.5 Å². The summed E-state index contributed by atoms with van der Waals surface area (Å²) in [5, 5.41) is 0.116. The molecule has 0 amide bonds. The highest BCUT2D eigenvalue weighted by atomic mass is 35.5. The fraction of sp³-hybridized carbons (Fsp3) is 0.471. The molecular formula is C17H20ClN7O3. The summed E-state index contributed by atoms with van der Waals surface area (Å²) in [4.78, 5) is 34.8. The molecule has 0 aliphatic carbocycles. The molecule has 11 heteroatoms. The summed E-state index contributed by atoms with van der Waals surface area (Å²) in [5.74, 6) is 1.78. The monoisotopic (exact) mass is 405 g/mol. The number of imidazole rings is 2. The Hall–Kier alpha value is -2.72. The highest BCUT2D eigenvalue weighted by molar-refractivity contribution is 6.28. The summed E-state index contributed by atoms with van der Waals surface area (Å²) in [6.45, 7) is 6.36. The number of carbonyl (C=O) groups is 1. The average molecular weight is 406 g/mol. The molecule has 1 aliphatic heterocycles. The van der Waals surface area contributed by atoms with Gasteiger partial charge in [-0.05, 0) is 18.5 Å². The van der Waals surface area contributed by atoms with Crippen LogP contribution in [0, 0.1) is 6.92 Å². The van der Waals surface area contributed by atoms with Crippen molar-refractivity contribution in [2.75, 3.05) is 31.2 Å². The maximum Gasteiger partial charge on any atom is 0.419 e. The van der Waals surface area contributed by atoms with Gasteiger partial charge in [0.2, 0.25) is 5.28 Å². The van der Waals surface area contributed by atoms with E-state index in [1.54, 1.807) is 6.20 Å².